The van der Waals surface area contributed by atoms with Crippen LogP contribution in [0.1, 0.15) is 6.92 Å². The first-order valence-electron chi connectivity index (χ1n) is 8.66. The summed E-state index contributed by atoms with van der Waals surface area (Å²) >= 11 is 0. The zero-order valence-corrected chi connectivity index (χ0v) is 15.9. The molecule has 2 aromatic carbocycles. The van der Waals surface area contributed by atoms with Crippen LogP contribution in [0.3, 0.4) is 0 Å². The number of nitrogens with one attached hydrogen (secondary N) is 1. The first-order valence-corrected chi connectivity index (χ1v) is 8.66. The van der Waals surface area contributed by atoms with E-state index in [-0.39, 0.29) is 12.5 Å². The van der Waals surface area contributed by atoms with Gasteiger partial charge in [-0.25, -0.2) is 0 Å². The molecule has 1 aromatic heterocycles. The number of nitrogens with zero attached hydrogens (tertiary/aromatic N) is 4. The Morgan fingerprint density at radius 1 is 1.07 bits per heavy atom. The van der Waals surface area contributed by atoms with Gasteiger partial charge in [0.25, 0.3) is 0 Å². The predicted octanol–water partition coefficient (Wildman–Crippen LogP) is 2.39. The van der Waals surface area contributed by atoms with Gasteiger partial charge in [-0.05, 0) is 48.5 Å². The Morgan fingerprint density at radius 2 is 1.82 bits per heavy atom. The van der Waals surface area contributed by atoms with Crippen molar-refractivity contribution in [3.8, 4) is 28.6 Å². The first kappa shape index (κ1) is 19.2. The lowest BCUT2D eigenvalue weighted by atomic mass is 10.2. The number of anilines is 1. The Balaban J connectivity index is 1.67. The fraction of sp³-hybridized carbons (Fsp3) is 0.263. The zero-order chi connectivity index (χ0) is 19.9. The van der Waals surface area contributed by atoms with Crippen molar-refractivity contribution in [1.82, 2.24) is 20.2 Å². The lowest BCUT2D eigenvalue weighted by molar-refractivity contribution is -0.117. The van der Waals surface area contributed by atoms with Crippen molar-refractivity contribution < 1.29 is 19.0 Å². The summed E-state index contributed by atoms with van der Waals surface area (Å²) in [6.07, 6.45) is 0. The molecule has 0 saturated heterocycles. The lowest BCUT2D eigenvalue weighted by Crippen LogP contribution is -2.20. The number of tetrazole rings is 1. The van der Waals surface area contributed by atoms with Gasteiger partial charge in [-0.2, -0.15) is 4.80 Å². The number of carbonyl (C=O) groups excluding carboxylic acids is 1. The highest BCUT2D eigenvalue weighted by Crippen LogP contribution is 2.28. The number of benzene rings is 2. The molecule has 9 nitrogen and oxygen atoms in total. The fourth-order valence-electron chi connectivity index (χ4n) is 2.52. The van der Waals surface area contributed by atoms with Gasteiger partial charge in [0.2, 0.25) is 11.7 Å². The molecule has 1 heterocycles. The Bertz CT molecular complexity index is 940. The van der Waals surface area contributed by atoms with Gasteiger partial charge >= 0.3 is 0 Å². The third-order valence-electron chi connectivity index (χ3n) is 3.84. The number of rotatable bonds is 8. The van der Waals surface area contributed by atoms with E-state index in [1.807, 2.05) is 31.2 Å². The van der Waals surface area contributed by atoms with Crippen LogP contribution in [0.5, 0.6) is 17.2 Å². The van der Waals surface area contributed by atoms with E-state index in [2.05, 4.69) is 20.7 Å². The molecule has 0 atom stereocenters. The second-order valence-electron chi connectivity index (χ2n) is 5.72. The van der Waals surface area contributed by atoms with Gasteiger partial charge in [-0.15, -0.1) is 10.2 Å². The number of ether oxygens (including phenoxy) is 3. The first-order chi connectivity index (χ1) is 13.6. The zero-order valence-electron chi connectivity index (χ0n) is 15.9. The van der Waals surface area contributed by atoms with Crippen molar-refractivity contribution in [3.05, 3.63) is 42.5 Å². The van der Waals surface area contributed by atoms with Crippen molar-refractivity contribution in [2.45, 2.75) is 13.5 Å². The highest BCUT2D eigenvalue weighted by Gasteiger charge is 2.12. The maximum atomic E-state index is 12.4. The van der Waals surface area contributed by atoms with E-state index in [1.165, 1.54) is 11.9 Å². The average molecular weight is 383 g/mol. The predicted molar refractivity (Wildman–Crippen MR) is 103 cm³/mol. The van der Waals surface area contributed by atoms with Crippen LogP contribution in [0.4, 0.5) is 5.69 Å². The van der Waals surface area contributed by atoms with Gasteiger partial charge < -0.3 is 19.5 Å². The molecule has 146 valence electrons. The standard InChI is InChI=1S/C19H21N5O4/c1-4-28-14-7-5-13(6-8-14)19-21-23-24(22-19)12-18(25)20-16-11-15(26-2)9-10-17(16)27-3/h5-11H,4,12H2,1-3H3,(H,20,25). The van der Waals surface area contributed by atoms with E-state index >= 15 is 0 Å². The third-order valence-corrected chi connectivity index (χ3v) is 3.84. The van der Waals surface area contributed by atoms with Crippen LogP contribution in [0.2, 0.25) is 0 Å². The fourth-order valence-corrected chi connectivity index (χ4v) is 2.52. The van der Waals surface area contributed by atoms with Gasteiger partial charge in [0.05, 0.1) is 26.5 Å². The largest absolute Gasteiger partial charge is 0.497 e. The SMILES string of the molecule is CCOc1ccc(-c2nnn(CC(=O)Nc3cc(OC)ccc3OC)n2)cc1. The molecular weight excluding hydrogens is 362 g/mol. The van der Waals surface area contributed by atoms with E-state index in [9.17, 15) is 4.79 Å². The van der Waals surface area contributed by atoms with E-state index < -0.39 is 0 Å². The normalized spacial score (nSPS) is 10.4. The molecule has 0 aliphatic carbocycles. The van der Waals surface area contributed by atoms with Crippen molar-refractivity contribution in [1.29, 1.82) is 0 Å². The number of hydrogen-bond donors (Lipinski definition) is 1. The van der Waals surface area contributed by atoms with Crippen LogP contribution >= 0.6 is 0 Å². The van der Waals surface area contributed by atoms with Gasteiger partial charge in [-0.3, -0.25) is 4.79 Å². The van der Waals surface area contributed by atoms with Crippen molar-refractivity contribution >= 4 is 11.6 Å². The van der Waals surface area contributed by atoms with Crippen LogP contribution in [0, 0.1) is 0 Å². The summed E-state index contributed by atoms with van der Waals surface area (Å²) in [6.45, 7) is 2.43. The minimum Gasteiger partial charge on any atom is -0.497 e. The van der Waals surface area contributed by atoms with Crippen LogP contribution in [0.25, 0.3) is 11.4 Å². The van der Waals surface area contributed by atoms with Gasteiger partial charge in [-0.1, -0.05) is 0 Å². The molecule has 0 aliphatic heterocycles. The minimum absolute atomic E-state index is 0.0929. The maximum Gasteiger partial charge on any atom is 0.248 e. The molecule has 3 rings (SSSR count). The molecule has 0 bridgehead atoms. The molecule has 3 aromatic rings. The van der Waals surface area contributed by atoms with Crippen molar-refractivity contribution in [2.75, 3.05) is 26.1 Å². The number of carbonyl (C=O) groups is 1. The Hall–Kier alpha value is -3.62. The molecule has 0 fully saturated rings. The summed E-state index contributed by atoms with van der Waals surface area (Å²) in [4.78, 5) is 13.6. The summed E-state index contributed by atoms with van der Waals surface area (Å²) in [5.74, 6) is 2.01. The topological polar surface area (TPSA) is 100 Å². The number of methoxy groups -OCH3 is 2. The molecule has 0 aliphatic rings. The van der Waals surface area contributed by atoms with Crippen molar-refractivity contribution in [3.63, 3.8) is 0 Å². The Labute approximate surface area is 162 Å². The van der Waals surface area contributed by atoms with E-state index in [0.717, 1.165) is 11.3 Å². The second kappa shape index (κ2) is 8.85. The molecule has 0 unspecified atom stereocenters. The second-order valence-corrected chi connectivity index (χ2v) is 5.72. The molecule has 9 heteroatoms. The third kappa shape index (κ3) is 4.56. The molecule has 1 N–H and O–H groups in total. The molecule has 28 heavy (non-hydrogen) atoms. The number of amides is 1. The molecule has 0 saturated carbocycles. The van der Waals surface area contributed by atoms with Crippen molar-refractivity contribution in [2.24, 2.45) is 0 Å². The summed E-state index contributed by atoms with van der Waals surface area (Å²) in [6, 6.07) is 12.5. The summed E-state index contributed by atoms with van der Waals surface area (Å²) < 4.78 is 15.8. The molecule has 0 spiro atoms. The maximum absolute atomic E-state index is 12.4. The summed E-state index contributed by atoms with van der Waals surface area (Å²) in [7, 11) is 3.08. The highest BCUT2D eigenvalue weighted by molar-refractivity contribution is 5.92. The quantitative estimate of drug-likeness (QED) is 0.637. The Morgan fingerprint density at radius 3 is 2.50 bits per heavy atom. The van der Waals surface area contributed by atoms with Crippen LogP contribution < -0.4 is 19.5 Å². The summed E-state index contributed by atoms with van der Waals surface area (Å²) in [5.41, 5.74) is 1.28. The van der Waals surface area contributed by atoms with Gasteiger partial charge in [0, 0.05) is 11.6 Å². The number of hydrogen-bond acceptors (Lipinski definition) is 7. The molecule has 0 radical (unpaired) electrons. The van der Waals surface area contributed by atoms with Crippen LogP contribution in [-0.4, -0.2) is 46.9 Å². The Kier molecular flexibility index (Phi) is 6.05. The molecule has 1 amide bonds. The van der Waals surface area contributed by atoms with Crippen LogP contribution in [0.15, 0.2) is 42.5 Å². The molecular formula is C19H21N5O4. The summed E-state index contributed by atoms with van der Waals surface area (Å²) in [5, 5.41) is 15.0. The number of aromatic nitrogens is 4. The monoisotopic (exact) mass is 383 g/mol. The highest BCUT2D eigenvalue weighted by atomic mass is 16.5. The van der Waals surface area contributed by atoms with E-state index in [1.54, 1.807) is 25.3 Å². The average Bonchev–Trinajstić information content (AvgIpc) is 3.17. The van der Waals surface area contributed by atoms with E-state index in [4.69, 9.17) is 14.2 Å². The van der Waals surface area contributed by atoms with Gasteiger partial charge in [0.15, 0.2) is 0 Å². The van der Waals surface area contributed by atoms with Gasteiger partial charge in [0.1, 0.15) is 23.8 Å². The van der Waals surface area contributed by atoms with Crippen LogP contribution in [-0.2, 0) is 11.3 Å². The smallest absolute Gasteiger partial charge is 0.248 e. The minimum atomic E-state index is -0.317. The lowest BCUT2D eigenvalue weighted by Gasteiger charge is -2.11. The van der Waals surface area contributed by atoms with E-state index in [0.29, 0.717) is 29.6 Å².